The number of aromatic nitrogens is 3. The summed E-state index contributed by atoms with van der Waals surface area (Å²) in [6.07, 6.45) is 0. The molecule has 1 aromatic heterocycles. The lowest BCUT2D eigenvalue weighted by Gasteiger charge is -2.09. The average Bonchev–Trinajstić information content (AvgIpc) is 3.15. The number of nitrogens with one attached hydrogen (secondary N) is 2. The van der Waals surface area contributed by atoms with E-state index in [1.54, 1.807) is 14.2 Å². The molecule has 7 nitrogen and oxygen atoms in total. The van der Waals surface area contributed by atoms with Crippen molar-refractivity contribution in [3.63, 3.8) is 0 Å². The Kier molecular flexibility index (Phi) is 5.15. The number of methoxy groups -OCH3 is 2. The van der Waals surface area contributed by atoms with Gasteiger partial charge in [0.05, 0.1) is 26.8 Å². The van der Waals surface area contributed by atoms with Crippen LogP contribution in [-0.4, -0.2) is 29.4 Å². The van der Waals surface area contributed by atoms with Gasteiger partial charge in [-0.2, -0.15) is 5.10 Å². The van der Waals surface area contributed by atoms with Gasteiger partial charge in [-0.25, -0.2) is 4.98 Å². The van der Waals surface area contributed by atoms with E-state index >= 15 is 0 Å². The third-order valence-electron chi connectivity index (χ3n) is 3.81. The van der Waals surface area contributed by atoms with Crippen LogP contribution >= 0.6 is 0 Å². The smallest absolute Gasteiger partial charge is 0.171 e. The van der Waals surface area contributed by atoms with Gasteiger partial charge in [0.1, 0.15) is 17.3 Å². The Hall–Kier alpha value is -3.06. The molecule has 0 aliphatic rings. The number of benzene rings is 2. The van der Waals surface area contributed by atoms with Crippen molar-refractivity contribution in [2.75, 3.05) is 19.5 Å². The van der Waals surface area contributed by atoms with Crippen LogP contribution in [0.15, 0.2) is 48.5 Å². The van der Waals surface area contributed by atoms with Crippen LogP contribution in [0.25, 0.3) is 0 Å². The van der Waals surface area contributed by atoms with Crippen molar-refractivity contribution >= 4 is 5.69 Å². The lowest BCUT2D eigenvalue weighted by atomic mass is 10.1. The molecule has 0 aliphatic heterocycles. The highest BCUT2D eigenvalue weighted by molar-refractivity contribution is 5.48. The molecule has 2 aromatic carbocycles. The summed E-state index contributed by atoms with van der Waals surface area (Å²) in [6.45, 7) is 0.505. The number of anilines is 1. The Morgan fingerprint density at radius 2 is 1.80 bits per heavy atom. The molecule has 1 atom stereocenters. The first-order valence-electron chi connectivity index (χ1n) is 7.88. The molecule has 0 spiro atoms. The molecule has 0 amide bonds. The molecule has 0 saturated carbocycles. The molecular formula is C18H21N5O2. The Balaban J connectivity index is 1.67. The fourth-order valence-corrected chi connectivity index (χ4v) is 2.43. The number of nitrogens with zero attached hydrogens (tertiary/aromatic N) is 2. The quantitative estimate of drug-likeness (QED) is 0.612. The van der Waals surface area contributed by atoms with Crippen LogP contribution in [0.5, 0.6) is 11.5 Å². The summed E-state index contributed by atoms with van der Waals surface area (Å²) in [5.74, 6) is 2.79. The summed E-state index contributed by atoms with van der Waals surface area (Å²) in [5.41, 5.74) is 8.09. The summed E-state index contributed by atoms with van der Waals surface area (Å²) >= 11 is 0. The number of rotatable bonds is 7. The van der Waals surface area contributed by atoms with E-state index in [9.17, 15) is 0 Å². The molecule has 4 N–H and O–H groups in total. The van der Waals surface area contributed by atoms with Crippen molar-refractivity contribution < 1.29 is 9.47 Å². The van der Waals surface area contributed by atoms with Crippen molar-refractivity contribution in [2.45, 2.75) is 12.6 Å². The van der Waals surface area contributed by atoms with Crippen LogP contribution in [0.4, 0.5) is 5.69 Å². The van der Waals surface area contributed by atoms with Gasteiger partial charge < -0.3 is 20.5 Å². The van der Waals surface area contributed by atoms with Gasteiger partial charge in [-0.1, -0.05) is 18.2 Å². The zero-order valence-electron chi connectivity index (χ0n) is 14.2. The molecule has 0 radical (unpaired) electrons. The first-order valence-corrected chi connectivity index (χ1v) is 7.88. The van der Waals surface area contributed by atoms with Crippen LogP contribution in [0, 0.1) is 0 Å². The average molecular weight is 339 g/mol. The van der Waals surface area contributed by atoms with E-state index in [-0.39, 0.29) is 0 Å². The maximum absolute atomic E-state index is 6.26. The van der Waals surface area contributed by atoms with Gasteiger partial charge >= 0.3 is 0 Å². The molecular weight excluding hydrogens is 318 g/mol. The minimum absolute atomic E-state index is 0.420. The van der Waals surface area contributed by atoms with Gasteiger partial charge in [0, 0.05) is 11.8 Å². The predicted octanol–water partition coefficient (Wildman–Crippen LogP) is 2.48. The number of hydrogen-bond acceptors (Lipinski definition) is 6. The Morgan fingerprint density at radius 3 is 2.56 bits per heavy atom. The maximum Gasteiger partial charge on any atom is 0.171 e. The van der Waals surface area contributed by atoms with Crippen LogP contribution in [0.2, 0.25) is 0 Å². The Labute approximate surface area is 146 Å². The van der Waals surface area contributed by atoms with Gasteiger partial charge in [0.15, 0.2) is 5.82 Å². The second-order valence-electron chi connectivity index (χ2n) is 5.48. The third kappa shape index (κ3) is 4.07. The molecule has 0 bridgehead atoms. The standard InChI is InChI=1S/C18H21N5O2/c1-24-14-7-3-5-12(9-14)17(19)18-21-16(22-23-18)11-20-13-6-4-8-15(10-13)25-2/h3-10,17,20H,11,19H2,1-2H3,(H,21,22,23)/t17-/m0/s1. The van der Waals surface area contributed by atoms with Crippen LogP contribution in [0.3, 0.4) is 0 Å². The second-order valence-corrected chi connectivity index (χ2v) is 5.48. The highest BCUT2D eigenvalue weighted by atomic mass is 16.5. The lowest BCUT2D eigenvalue weighted by Crippen LogP contribution is -2.14. The largest absolute Gasteiger partial charge is 0.497 e. The van der Waals surface area contributed by atoms with Gasteiger partial charge in [-0.05, 0) is 29.8 Å². The van der Waals surface area contributed by atoms with Crippen molar-refractivity contribution in [3.05, 3.63) is 65.7 Å². The minimum atomic E-state index is -0.420. The fourth-order valence-electron chi connectivity index (χ4n) is 2.43. The molecule has 0 fully saturated rings. The molecule has 7 heteroatoms. The SMILES string of the molecule is COc1cccc(NCc2nc([C@@H](N)c3cccc(OC)c3)n[nH]2)c1. The third-order valence-corrected chi connectivity index (χ3v) is 3.81. The summed E-state index contributed by atoms with van der Waals surface area (Å²) in [4.78, 5) is 4.47. The number of nitrogens with two attached hydrogens (primary N) is 1. The molecule has 0 unspecified atom stereocenters. The van der Waals surface area contributed by atoms with Crippen LogP contribution in [0.1, 0.15) is 23.3 Å². The van der Waals surface area contributed by atoms with Gasteiger partial charge in [-0.15, -0.1) is 0 Å². The zero-order chi connectivity index (χ0) is 17.6. The Morgan fingerprint density at radius 1 is 1.08 bits per heavy atom. The van der Waals surface area contributed by atoms with E-state index in [1.807, 2.05) is 48.5 Å². The molecule has 130 valence electrons. The summed E-state index contributed by atoms with van der Waals surface area (Å²) < 4.78 is 10.4. The van der Waals surface area contributed by atoms with Gasteiger partial charge in [0.25, 0.3) is 0 Å². The molecule has 1 heterocycles. The van der Waals surface area contributed by atoms with E-state index < -0.39 is 6.04 Å². The highest BCUT2D eigenvalue weighted by Gasteiger charge is 2.15. The van der Waals surface area contributed by atoms with Crippen molar-refractivity contribution in [3.8, 4) is 11.5 Å². The minimum Gasteiger partial charge on any atom is -0.497 e. The number of H-pyrrole nitrogens is 1. The first kappa shape index (κ1) is 16.8. The molecule has 25 heavy (non-hydrogen) atoms. The molecule has 3 aromatic rings. The first-order chi connectivity index (χ1) is 12.2. The number of ether oxygens (including phenoxy) is 2. The van der Waals surface area contributed by atoms with Crippen molar-refractivity contribution in [1.29, 1.82) is 0 Å². The fraction of sp³-hybridized carbons (Fsp3) is 0.222. The van der Waals surface area contributed by atoms with Crippen LogP contribution in [-0.2, 0) is 6.54 Å². The molecule has 0 aliphatic carbocycles. The van der Waals surface area contributed by atoms with Crippen molar-refractivity contribution in [1.82, 2.24) is 15.2 Å². The summed E-state index contributed by atoms with van der Waals surface area (Å²) in [6, 6.07) is 14.9. The van der Waals surface area contributed by atoms with Crippen LogP contribution < -0.4 is 20.5 Å². The van der Waals surface area contributed by atoms with E-state index in [0.29, 0.717) is 18.2 Å². The summed E-state index contributed by atoms with van der Waals surface area (Å²) in [7, 11) is 3.27. The molecule has 3 rings (SSSR count). The monoisotopic (exact) mass is 339 g/mol. The van der Waals surface area contributed by atoms with E-state index in [1.165, 1.54) is 0 Å². The maximum atomic E-state index is 6.26. The van der Waals surface area contributed by atoms with E-state index in [4.69, 9.17) is 15.2 Å². The summed E-state index contributed by atoms with van der Waals surface area (Å²) in [5, 5.41) is 10.4. The van der Waals surface area contributed by atoms with Crippen molar-refractivity contribution in [2.24, 2.45) is 5.73 Å². The van der Waals surface area contributed by atoms with E-state index in [0.717, 1.165) is 22.7 Å². The topological polar surface area (TPSA) is 98.1 Å². The lowest BCUT2D eigenvalue weighted by molar-refractivity contribution is 0.414. The highest BCUT2D eigenvalue weighted by Crippen LogP contribution is 2.21. The zero-order valence-corrected chi connectivity index (χ0v) is 14.2. The van der Waals surface area contributed by atoms with Gasteiger partial charge in [0.2, 0.25) is 0 Å². The number of hydrogen-bond donors (Lipinski definition) is 3. The normalized spacial score (nSPS) is 11.8. The Bertz CT molecular complexity index is 834. The second kappa shape index (κ2) is 7.67. The van der Waals surface area contributed by atoms with Gasteiger partial charge in [-0.3, -0.25) is 5.10 Å². The number of aromatic amines is 1. The molecule has 0 saturated heterocycles. The predicted molar refractivity (Wildman–Crippen MR) is 95.7 cm³/mol. The van der Waals surface area contributed by atoms with E-state index in [2.05, 4.69) is 20.5 Å².